The Morgan fingerprint density at radius 1 is 1.22 bits per heavy atom. The monoisotopic (exact) mass is 279 g/mol. The van der Waals surface area contributed by atoms with Gasteiger partial charge in [-0.25, -0.2) is 0 Å². The molecule has 0 aromatic heterocycles. The Balaban J connectivity index is 2.87. The fourth-order valence-corrected chi connectivity index (χ4v) is 1.69. The van der Waals surface area contributed by atoms with Gasteiger partial charge in [0.05, 0.1) is 13.0 Å². The summed E-state index contributed by atoms with van der Waals surface area (Å²) in [6.45, 7) is -1.74. The van der Waals surface area contributed by atoms with Crippen LogP contribution < -0.4 is 0 Å². The van der Waals surface area contributed by atoms with Gasteiger partial charge in [0.25, 0.3) is 0 Å². The molecule has 1 atom stereocenters. The van der Waals surface area contributed by atoms with Crippen LogP contribution in [-0.4, -0.2) is 47.0 Å². The molecule has 0 heterocycles. The second-order valence-corrected chi connectivity index (χ2v) is 4.17. The SMILES string of the molecule is O=C(O)CC(N(CC(F)(F)F)C1CC1)C(F)(F)F. The molecule has 106 valence electrons. The van der Waals surface area contributed by atoms with Crippen LogP contribution in [0.5, 0.6) is 0 Å². The van der Waals surface area contributed by atoms with E-state index in [9.17, 15) is 31.1 Å². The molecule has 1 rings (SSSR count). The first-order valence-electron chi connectivity index (χ1n) is 5.11. The van der Waals surface area contributed by atoms with Crippen molar-refractivity contribution in [1.29, 1.82) is 0 Å². The molecule has 0 aromatic carbocycles. The molecule has 1 aliphatic carbocycles. The highest BCUT2D eigenvalue weighted by molar-refractivity contribution is 5.67. The number of hydrogen-bond donors (Lipinski definition) is 1. The maximum atomic E-state index is 12.6. The lowest BCUT2D eigenvalue weighted by atomic mass is 10.1. The van der Waals surface area contributed by atoms with Crippen LogP contribution in [0.3, 0.4) is 0 Å². The van der Waals surface area contributed by atoms with E-state index in [0.717, 1.165) is 0 Å². The molecule has 18 heavy (non-hydrogen) atoms. The van der Waals surface area contributed by atoms with Crippen molar-refractivity contribution in [3.8, 4) is 0 Å². The largest absolute Gasteiger partial charge is 0.481 e. The maximum Gasteiger partial charge on any atom is 0.404 e. The van der Waals surface area contributed by atoms with Crippen LogP contribution in [0, 0.1) is 0 Å². The van der Waals surface area contributed by atoms with Gasteiger partial charge in [0.1, 0.15) is 6.04 Å². The van der Waals surface area contributed by atoms with Gasteiger partial charge in [-0.15, -0.1) is 0 Å². The zero-order valence-corrected chi connectivity index (χ0v) is 9.05. The molecule has 0 radical (unpaired) electrons. The third kappa shape index (κ3) is 4.71. The van der Waals surface area contributed by atoms with E-state index in [1.165, 1.54) is 0 Å². The van der Waals surface area contributed by atoms with Crippen molar-refractivity contribution in [3.63, 3.8) is 0 Å². The zero-order chi connectivity index (χ0) is 14.1. The lowest BCUT2D eigenvalue weighted by Gasteiger charge is -2.32. The summed E-state index contributed by atoms with van der Waals surface area (Å²) in [5.41, 5.74) is 0. The van der Waals surface area contributed by atoms with Crippen LogP contribution in [0.1, 0.15) is 19.3 Å². The molecule has 0 spiro atoms. The molecular weight excluding hydrogens is 268 g/mol. The lowest BCUT2D eigenvalue weighted by molar-refractivity contribution is -0.215. The Morgan fingerprint density at radius 3 is 2.00 bits per heavy atom. The maximum absolute atomic E-state index is 12.6. The quantitative estimate of drug-likeness (QED) is 0.786. The van der Waals surface area contributed by atoms with E-state index in [1.54, 1.807) is 0 Å². The van der Waals surface area contributed by atoms with E-state index < -0.39 is 43.4 Å². The number of carboxylic acids is 1. The third-order valence-electron chi connectivity index (χ3n) is 2.52. The van der Waals surface area contributed by atoms with Gasteiger partial charge in [-0.2, -0.15) is 26.3 Å². The van der Waals surface area contributed by atoms with Crippen LogP contribution in [0.2, 0.25) is 0 Å². The second kappa shape index (κ2) is 4.94. The minimum absolute atomic E-state index is 0.203. The Hall–Kier alpha value is -0.990. The molecule has 0 bridgehead atoms. The molecule has 3 nitrogen and oxygen atoms in total. The van der Waals surface area contributed by atoms with Crippen molar-refractivity contribution < 1.29 is 36.2 Å². The van der Waals surface area contributed by atoms with Gasteiger partial charge < -0.3 is 5.11 Å². The van der Waals surface area contributed by atoms with Crippen molar-refractivity contribution in [3.05, 3.63) is 0 Å². The summed E-state index contributed by atoms with van der Waals surface area (Å²) in [4.78, 5) is 10.6. The summed E-state index contributed by atoms with van der Waals surface area (Å²) in [6.07, 6.45) is -10.7. The van der Waals surface area contributed by atoms with Crippen molar-refractivity contribution in [2.45, 2.75) is 43.7 Å². The van der Waals surface area contributed by atoms with Crippen LogP contribution in [0.15, 0.2) is 0 Å². The Bertz CT molecular complexity index is 309. The number of alkyl halides is 6. The summed E-state index contributed by atoms with van der Waals surface area (Å²) in [6, 6.07) is -3.43. The first-order chi connectivity index (χ1) is 8.00. The van der Waals surface area contributed by atoms with Crippen molar-refractivity contribution >= 4 is 5.97 Å². The van der Waals surface area contributed by atoms with E-state index >= 15 is 0 Å². The summed E-state index contributed by atoms with van der Waals surface area (Å²) >= 11 is 0. The number of carbonyl (C=O) groups is 1. The van der Waals surface area contributed by atoms with Crippen LogP contribution in [0.4, 0.5) is 26.3 Å². The molecule has 0 saturated heterocycles. The molecule has 1 saturated carbocycles. The van der Waals surface area contributed by atoms with Gasteiger partial charge in [-0.3, -0.25) is 9.69 Å². The summed E-state index contributed by atoms with van der Waals surface area (Å²) in [5.74, 6) is -1.77. The lowest BCUT2D eigenvalue weighted by Crippen LogP contribution is -2.51. The molecule has 0 amide bonds. The van der Waals surface area contributed by atoms with E-state index in [1.807, 2.05) is 0 Å². The molecule has 1 unspecified atom stereocenters. The van der Waals surface area contributed by atoms with Gasteiger partial charge in [-0.05, 0) is 12.8 Å². The number of rotatable bonds is 5. The second-order valence-electron chi connectivity index (χ2n) is 4.17. The predicted molar refractivity (Wildman–Crippen MR) is 47.9 cm³/mol. The minimum atomic E-state index is -4.99. The fourth-order valence-electron chi connectivity index (χ4n) is 1.69. The van der Waals surface area contributed by atoms with Crippen LogP contribution in [0.25, 0.3) is 0 Å². The van der Waals surface area contributed by atoms with E-state index in [-0.39, 0.29) is 17.7 Å². The standard InChI is InChI=1S/C9H11F6NO2/c10-8(11,12)4-16(5-1-2-5)6(3-7(17)18)9(13,14)15/h5-6H,1-4H2,(H,17,18). The number of carboxylic acid groups (broad SMARTS) is 1. The van der Waals surface area contributed by atoms with Crippen molar-refractivity contribution in [2.75, 3.05) is 6.54 Å². The molecule has 1 aliphatic rings. The van der Waals surface area contributed by atoms with E-state index in [4.69, 9.17) is 5.11 Å². The fraction of sp³-hybridized carbons (Fsp3) is 0.889. The minimum Gasteiger partial charge on any atom is -0.481 e. The highest BCUT2D eigenvalue weighted by atomic mass is 19.4. The topological polar surface area (TPSA) is 40.5 Å². The molecule has 0 aliphatic heterocycles. The molecule has 1 N–H and O–H groups in total. The average molecular weight is 279 g/mol. The summed E-state index contributed by atoms with van der Waals surface area (Å²) in [7, 11) is 0. The molecule has 0 aromatic rings. The van der Waals surface area contributed by atoms with E-state index in [2.05, 4.69) is 0 Å². The molecular formula is C9H11F6NO2. The Morgan fingerprint density at radius 2 is 1.72 bits per heavy atom. The number of hydrogen-bond acceptors (Lipinski definition) is 2. The van der Waals surface area contributed by atoms with Crippen LogP contribution >= 0.6 is 0 Å². The van der Waals surface area contributed by atoms with Crippen molar-refractivity contribution in [2.24, 2.45) is 0 Å². The van der Waals surface area contributed by atoms with Gasteiger partial charge in [0.2, 0.25) is 0 Å². The molecule has 9 heteroatoms. The van der Waals surface area contributed by atoms with Gasteiger partial charge in [-0.1, -0.05) is 0 Å². The van der Waals surface area contributed by atoms with Gasteiger partial charge in [0, 0.05) is 6.04 Å². The highest BCUT2D eigenvalue weighted by Crippen LogP contribution is 2.38. The predicted octanol–water partition coefficient (Wildman–Crippen LogP) is 2.42. The smallest absolute Gasteiger partial charge is 0.404 e. The first kappa shape index (κ1) is 15.1. The highest BCUT2D eigenvalue weighted by Gasteiger charge is 2.51. The first-order valence-corrected chi connectivity index (χ1v) is 5.11. The average Bonchev–Trinajstić information content (AvgIpc) is 2.89. The van der Waals surface area contributed by atoms with Gasteiger partial charge >= 0.3 is 18.3 Å². The summed E-state index contributed by atoms with van der Waals surface area (Å²) < 4.78 is 74.5. The number of nitrogens with zero attached hydrogens (tertiary/aromatic N) is 1. The van der Waals surface area contributed by atoms with E-state index in [0.29, 0.717) is 0 Å². The Labute approximate surface area is 98.4 Å². The van der Waals surface area contributed by atoms with Gasteiger partial charge in [0.15, 0.2) is 0 Å². The third-order valence-corrected chi connectivity index (χ3v) is 2.52. The normalized spacial score (nSPS) is 19.1. The summed E-state index contributed by atoms with van der Waals surface area (Å²) in [5, 5.41) is 8.39. The Kier molecular flexibility index (Phi) is 4.14. The molecule has 1 fully saturated rings. The van der Waals surface area contributed by atoms with Crippen molar-refractivity contribution in [1.82, 2.24) is 4.90 Å². The number of halogens is 6. The zero-order valence-electron chi connectivity index (χ0n) is 9.05. The van der Waals surface area contributed by atoms with Crippen LogP contribution in [-0.2, 0) is 4.79 Å². The number of aliphatic carboxylic acids is 1.